The maximum atomic E-state index is 14.3. The molecule has 0 aliphatic carbocycles. The third kappa shape index (κ3) is 2.98. The summed E-state index contributed by atoms with van der Waals surface area (Å²) >= 11 is 0. The number of rotatable bonds is 3. The topological polar surface area (TPSA) is 68.6 Å². The van der Waals surface area contributed by atoms with Gasteiger partial charge in [-0.25, -0.2) is 23.6 Å². The highest BCUT2D eigenvalue weighted by molar-refractivity contribution is 5.96. The van der Waals surface area contributed by atoms with Crippen molar-refractivity contribution in [2.45, 2.75) is 18.9 Å². The second-order valence-corrected chi connectivity index (χ2v) is 6.45. The Balaban J connectivity index is 1.70. The lowest BCUT2D eigenvalue weighted by atomic mass is 10.0. The number of hydrogen-bond donors (Lipinski definition) is 1. The molecule has 0 spiro atoms. The Morgan fingerprint density at radius 3 is 2.93 bits per heavy atom. The number of hydrazine groups is 1. The van der Waals surface area contributed by atoms with E-state index < -0.39 is 17.6 Å². The molecule has 1 aromatic rings. The van der Waals surface area contributed by atoms with Crippen LogP contribution in [0.5, 0.6) is 0 Å². The van der Waals surface area contributed by atoms with Gasteiger partial charge in [-0.2, -0.15) is 0 Å². The van der Waals surface area contributed by atoms with Crippen LogP contribution in [0.2, 0.25) is 0 Å². The second-order valence-electron chi connectivity index (χ2n) is 6.45. The summed E-state index contributed by atoms with van der Waals surface area (Å²) in [6.07, 6.45) is 4.84. The Morgan fingerprint density at radius 1 is 1.37 bits per heavy atom. The molecule has 4 rings (SSSR count). The van der Waals surface area contributed by atoms with E-state index in [9.17, 15) is 18.7 Å². The molecule has 3 aliphatic rings. The number of aliphatic carboxylic acids is 1. The minimum Gasteiger partial charge on any atom is -0.478 e. The molecular formula is C18H18F2N4O3. The van der Waals surface area contributed by atoms with Crippen molar-refractivity contribution >= 4 is 11.8 Å². The Labute approximate surface area is 154 Å². The zero-order valence-electron chi connectivity index (χ0n) is 14.6. The van der Waals surface area contributed by atoms with Gasteiger partial charge >= 0.3 is 5.97 Å². The van der Waals surface area contributed by atoms with Crippen LogP contribution in [-0.2, 0) is 9.63 Å². The number of hydrogen-bond acceptors (Lipinski definition) is 6. The molecular weight excluding hydrogens is 358 g/mol. The number of benzene rings is 1. The highest BCUT2D eigenvalue weighted by Gasteiger charge is 2.37. The van der Waals surface area contributed by atoms with Gasteiger partial charge in [0.15, 0.2) is 5.82 Å². The van der Waals surface area contributed by atoms with Gasteiger partial charge in [0.25, 0.3) is 0 Å². The van der Waals surface area contributed by atoms with Gasteiger partial charge in [0, 0.05) is 18.3 Å². The average molecular weight is 376 g/mol. The highest BCUT2D eigenvalue weighted by Crippen LogP contribution is 2.36. The van der Waals surface area contributed by atoms with Crippen molar-refractivity contribution in [1.29, 1.82) is 0 Å². The van der Waals surface area contributed by atoms with Crippen molar-refractivity contribution in [3.05, 3.63) is 59.1 Å². The molecule has 9 heteroatoms. The molecule has 1 aromatic carbocycles. The highest BCUT2D eigenvalue weighted by atomic mass is 19.1. The van der Waals surface area contributed by atoms with Gasteiger partial charge in [-0.05, 0) is 37.1 Å². The van der Waals surface area contributed by atoms with Gasteiger partial charge in [0.1, 0.15) is 17.5 Å². The fourth-order valence-corrected chi connectivity index (χ4v) is 3.68. The first-order chi connectivity index (χ1) is 13.0. The molecule has 0 amide bonds. The molecule has 0 unspecified atom stereocenters. The fraction of sp³-hybridized carbons (Fsp3) is 0.333. The van der Waals surface area contributed by atoms with Crippen LogP contribution in [0, 0.1) is 11.6 Å². The van der Waals surface area contributed by atoms with E-state index in [0.29, 0.717) is 18.8 Å². The zero-order chi connectivity index (χ0) is 19.1. The van der Waals surface area contributed by atoms with Gasteiger partial charge in [0.2, 0.25) is 0 Å². The monoisotopic (exact) mass is 376 g/mol. The van der Waals surface area contributed by atoms with Gasteiger partial charge in [-0.1, -0.05) is 5.17 Å². The van der Waals surface area contributed by atoms with Crippen LogP contribution in [0.15, 0.2) is 46.9 Å². The lowest BCUT2D eigenvalue weighted by Gasteiger charge is -2.32. The second kappa shape index (κ2) is 6.75. The van der Waals surface area contributed by atoms with Crippen molar-refractivity contribution in [3.63, 3.8) is 0 Å². The maximum absolute atomic E-state index is 14.3. The summed E-state index contributed by atoms with van der Waals surface area (Å²) in [7, 11) is 1.44. The smallest absolute Gasteiger partial charge is 0.336 e. The molecule has 142 valence electrons. The number of fused-ring (bicyclic) bond motifs is 1. The van der Waals surface area contributed by atoms with Crippen LogP contribution < -0.4 is 0 Å². The van der Waals surface area contributed by atoms with Gasteiger partial charge < -0.3 is 10.0 Å². The summed E-state index contributed by atoms with van der Waals surface area (Å²) in [4.78, 5) is 23.1. The van der Waals surface area contributed by atoms with Crippen LogP contribution in [0.25, 0.3) is 0 Å². The van der Waals surface area contributed by atoms with Crippen molar-refractivity contribution in [3.8, 4) is 0 Å². The summed E-state index contributed by atoms with van der Waals surface area (Å²) in [6.45, 7) is 0.678. The van der Waals surface area contributed by atoms with E-state index in [0.717, 1.165) is 18.6 Å². The number of hydroxylamine groups is 1. The molecule has 1 saturated heterocycles. The fourth-order valence-electron chi connectivity index (χ4n) is 3.68. The predicted octanol–water partition coefficient (Wildman–Crippen LogP) is 2.42. The summed E-state index contributed by atoms with van der Waals surface area (Å²) in [5.74, 6) is -1.27. The lowest BCUT2D eigenvalue weighted by molar-refractivity contribution is -0.219. The summed E-state index contributed by atoms with van der Waals surface area (Å²) in [5, 5.41) is 12.3. The quantitative estimate of drug-likeness (QED) is 0.874. The molecule has 1 N–H and O–H groups in total. The van der Waals surface area contributed by atoms with Crippen LogP contribution in [-0.4, -0.2) is 52.2 Å². The van der Waals surface area contributed by atoms with E-state index >= 15 is 0 Å². The Kier molecular flexibility index (Phi) is 4.40. The van der Waals surface area contributed by atoms with Crippen LogP contribution in [0.1, 0.15) is 24.4 Å². The summed E-state index contributed by atoms with van der Waals surface area (Å²) in [5.41, 5.74) is 0.384. The average Bonchev–Trinajstić information content (AvgIpc) is 3.27. The molecule has 1 fully saturated rings. The number of aliphatic imine (C=N–C) groups is 1. The van der Waals surface area contributed by atoms with Gasteiger partial charge in [-0.15, -0.1) is 0 Å². The first-order valence-corrected chi connectivity index (χ1v) is 8.55. The van der Waals surface area contributed by atoms with E-state index in [4.69, 9.17) is 4.84 Å². The number of carbonyl (C=O) groups is 1. The molecule has 0 bridgehead atoms. The van der Waals surface area contributed by atoms with Crippen LogP contribution >= 0.6 is 0 Å². The number of amidine groups is 1. The van der Waals surface area contributed by atoms with E-state index in [1.807, 2.05) is 4.90 Å². The number of carboxylic acids is 1. The van der Waals surface area contributed by atoms with Crippen LogP contribution in [0.3, 0.4) is 0 Å². The molecule has 1 atom stereocenters. The van der Waals surface area contributed by atoms with E-state index in [-0.39, 0.29) is 29.5 Å². The number of likely N-dealkylation sites (tertiary alicyclic amines) is 1. The van der Waals surface area contributed by atoms with Crippen molar-refractivity contribution in [1.82, 2.24) is 15.1 Å². The standard InChI is InChI=1S/C18H18F2N4O3/c1-27-24-10-13(18(25)26)17-21-16(6-8-23(17)24)22-7-2-3-15(22)12-9-11(19)4-5-14(12)20/h4-6,8-9,15H,2-3,7,10H2,1H3,(H,25,26)/t15-/m1/s1. The largest absolute Gasteiger partial charge is 0.478 e. The molecule has 0 aromatic heterocycles. The van der Waals surface area contributed by atoms with Crippen molar-refractivity contribution in [2.75, 3.05) is 20.2 Å². The molecule has 7 nitrogen and oxygen atoms in total. The number of nitrogens with zero attached hydrogens (tertiary/aromatic N) is 4. The third-order valence-corrected chi connectivity index (χ3v) is 4.94. The molecule has 3 aliphatic heterocycles. The minimum absolute atomic E-state index is 0.0598. The first-order valence-electron chi connectivity index (χ1n) is 8.55. The lowest BCUT2D eigenvalue weighted by Crippen LogP contribution is -2.37. The molecule has 0 saturated carbocycles. The third-order valence-electron chi connectivity index (χ3n) is 4.94. The maximum Gasteiger partial charge on any atom is 0.336 e. The Morgan fingerprint density at radius 2 is 2.19 bits per heavy atom. The van der Waals surface area contributed by atoms with Crippen molar-refractivity contribution in [2.24, 2.45) is 4.99 Å². The van der Waals surface area contributed by atoms with E-state index in [2.05, 4.69) is 4.99 Å². The normalized spacial score (nSPS) is 22.5. The zero-order valence-corrected chi connectivity index (χ0v) is 14.6. The van der Waals surface area contributed by atoms with E-state index in [1.165, 1.54) is 23.4 Å². The Hall–Kier alpha value is -2.78. The number of halogens is 2. The number of carboxylic acid groups (broad SMARTS) is 1. The Bertz CT molecular complexity index is 883. The van der Waals surface area contributed by atoms with Gasteiger partial charge in [0.05, 0.1) is 25.3 Å². The van der Waals surface area contributed by atoms with Crippen LogP contribution in [0.4, 0.5) is 8.78 Å². The minimum atomic E-state index is -1.08. The SMILES string of the molecule is CON1CC(C(=O)O)=C2N=C(N3CCC[C@@H]3c3cc(F)ccc3F)C=CN21. The van der Waals surface area contributed by atoms with E-state index in [1.54, 1.807) is 12.3 Å². The predicted molar refractivity (Wildman–Crippen MR) is 91.8 cm³/mol. The van der Waals surface area contributed by atoms with Crippen molar-refractivity contribution < 1.29 is 23.5 Å². The summed E-state index contributed by atoms with van der Waals surface area (Å²) < 4.78 is 27.9. The summed E-state index contributed by atoms with van der Waals surface area (Å²) in [6, 6.07) is 3.07. The molecule has 27 heavy (non-hydrogen) atoms. The van der Waals surface area contributed by atoms with Gasteiger partial charge in [-0.3, -0.25) is 4.84 Å². The molecule has 3 heterocycles. The first kappa shape index (κ1) is 17.6. The molecule has 0 radical (unpaired) electrons.